The number of nitrogens with zero attached hydrogens (tertiary/aromatic N) is 5. The van der Waals surface area contributed by atoms with Crippen LogP contribution in [0.2, 0.25) is 0 Å². The SMILES string of the molecule is Cn1cc(-c2ccc(Cn3cc(-c4ccccc4)nn3)cc2)cn1. The molecule has 0 aliphatic carbocycles. The topological polar surface area (TPSA) is 48.5 Å². The Bertz CT molecular complexity index is 935. The maximum absolute atomic E-state index is 4.25. The van der Waals surface area contributed by atoms with E-state index in [0.29, 0.717) is 6.54 Å². The van der Waals surface area contributed by atoms with Gasteiger partial charge in [0.15, 0.2) is 0 Å². The molecule has 5 nitrogen and oxygen atoms in total. The van der Waals surface area contributed by atoms with Gasteiger partial charge in [0.25, 0.3) is 0 Å². The molecule has 0 amide bonds. The second-order valence-electron chi connectivity index (χ2n) is 5.77. The van der Waals surface area contributed by atoms with Crippen molar-refractivity contribution in [2.24, 2.45) is 7.05 Å². The lowest BCUT2D eigenvalue weighted by atomic mass is 10.1. The number of aryl methyl sites for hydroxylation is 1. The predicted molar refractivity (Wildman–Crippen MR) is 93.2 cm³/mol. The van der Waals surface area contributed by atoms with Crippen LogP contribution in [-0.4, -0.2) is 24.8 Å². The molecule has 0 radical (unpaired) electrons. The summed E-state index contributed by atoms with van der Waals surface area (Å²) in [5.74, 6) is 0. The minimum atomic E-state index is 0.702. The van der Waals surface area contributed by atoms with E-state index in [2.05, 4.69) is 39.7 Å². The van der Waals surface area contributed by atoms with E-state index < -0.39 is 0 Å². The van der Waals surface area contributed by atoms with Crippen LogP contribution in [0.5, 0.6) is 0 Å². The van der Waals surface area contributed by atoms with Crippen molar-refractivity contribution in [3.63, 3.8) is 0 Å². The fourth-order valence-corrected chi connectivity index (χ4v) is 2.68. The molecule has 118 valence electrons. The van der Waals surface area contributed by atoms with Crippen LogP contribution in [0.1, 0.15) is 5.56 Å². The molecule has 0 saturated carbocycles. The minimum absolute atomic E-state index is 0.702. The molecule has 0 spiro atoms. The monoisotopic (exact) mass is 315 g/mol. The first kappa shape index (κ1) is 14.4. The molecular weight excluding hydrogens is 298 g/mol. The molecule has 2 heterocycles. The lowest BCUT2D eigenvalue weighted by molar-refractivity contribution is 0.650. The third kappa shape index (κ3) is 2.96. The molecule has 2 aromatic carbocycles. The largest absolute Gasteiger partial charge is 0.275 e. The normalized spacial score (nSPS) is 10.9. The van der Waals surface area contributed by atoms with E-state index in [4.69, 9.17) is 0 Å². The maximum atomic E-state index is 4.25. The van der Waals surface area contributed by atoms with Gasteiger partial charge in [0.2, 0.25) is 0 Å². The van der Waals surface area contributed by atoms with E-state index >= 15 is 0 Å². The maximum Gasteiger partial charge on any atom is 0.113 e. The Hall–Kier alpha value is -3.21. The summed E-state index contributed by atoms with van der Waals surface area (Å²) in [7, 11) is 1.92. The minimum Gasteiger partial charge on any atom is -0.275 e. The van der Waals surface area contributed by atoms with E-state index in [1.807, 2.05) is 65.3 Å². The van der Waals surface area contributed by atoms with Gasteiger partial charge in [-0.1, -0.05) is 59.8 Å². The lowest BCUT2D eigenvalue weighted by Crippen LogP contribution is -2.00. The van der Waals surface area contributed by atoms with Gasteiger partial charge in [0.1, 0.15) is 5.69 Å². The number of rotatable bonds is 4. The van der Waals surface area contributed by atoms with Crippen LogP contribution in [0.3, 0.4) is 0 Å². The van der Waals surface area contributed by atoms with Crippen molar-refractivity contribution in [3.05, 3.63) is 78.8 Å². The molecule has 0 saturated heterocycles. The van der Waals surface area contributed by atoms with Crippen LogP contribution in [-0.2, 0) is 13.6 Å². The van der Waals surface area contributed by atoms with Gasteiger partial charge >= 0.3 is 0 Å². The van der Waals surface area contributed by atoms with Crippen molar-refractivity contribution in [3.8, 4) is 22.4 Å². The molecule has 0 aliphatic heterocycles. The quantitative estimate of drug-likeness (QED) is 0.580. The third-order valence-corrected chi connectivity index (χ3v) is 3.94. The Morgan fingerprint density at radius 1 is 0.833 bits per heavy atom. The smallest absolute Gasteiger partial charge is 0.113 e. The summed E-state index contributed by atoms with van der Waals surface area (Å²) in [4.78, 5) is 0. The standard InChI is InChI=1S/C19H17N5/c1-23-13-18(11-20-23)16-9-7-15(8-10-16)12-24-14-19(21-22-24)17-5-3-2-4-6-17/h2-11,13-14H,12H2,1H3. The van der Waals surface area contributed by atoms with Crippen molar-refractivity contribution in [2.75, 3.05) is 0 Å². The van der Waals surface area contributed by atoms with Crippen molar-refractivity contribution >= 4 is 0 Å². The van der Waals surface area contributed by atoms with Gasteiger partial charge in [0.05, 0.1) is 18.9 Å². The predicted octanol–water partition coefficient (Wildman–Crippen LogP) is 3.39. The van der Waals surface area contributed by atoms with Crippen LogP contribution in [0.25, 0.3) is 22.4 Å². The highest BCUT2D eigenvalue weighted by atomic mass is 15.4. The van der Waals surface area contributed by atoms with E-state index in [1.54, 1.807) is 0 Å². The second-order valence-corrected chi connectivity index (χ2v) is 5.77. The molecule has 0 fully saturated rings. The summed E-state index contributed by atoms with van der Waals surface area (Å²) in [5.41, 5.74) is 5.44. The molecule has 0 atom stereocenters. The molecule has 0 N–H and O–H groups in total. The summed E-state index contributed by atoms with van der Waals surface area (Å²) >= 11 is 0. The number of benzene rings is 2. The van der Waals surface area contributed by atoms with Gasteiger partial charge in [-0.3, -0.25) is 4.68 Å². The average Bonchev–Trinajstić information content (AvgIpc) is 3.26. The summed E-state index contributed by atoms with van der Waals surface area (Å²) in [6.45, 7) is 0.702. The number of hydrogen-bond donors (Lipinski definition) is 0. The summed E-state index contributed by atoms with van der Waals surface area (Å²) in [6, 6.07) is 18.5. The fourth-order valence-electron chi connectivity index (χ4n) is 2.68. The highest BCUT2D eigenvalue weighted by molar-refractivity contribution is 5.62. The Morgan fingerprint density at radius 3 is 2.33 bits per heavy atom. The van der Waals surface area contributed by atoms with Crippen LogP contribution in [0, 0.1) is 0 Å². The lowest BCUT2D eigenvalue weighted by Gasteiger charge is -2.03. The molecule has 5 heteroatoms. The Kier molecular flexibility index (Phi) is 3.67. The second kappa shape index (κ2) is 6.12. The Balaban J connectivity index is 1.51. The van der Waals surface area contributed by atoms with Crippen LogP contribution in [0.15, 0.2) is 73.2 Å². The highest BCUT2D eigenvalue weighted by Gasteiger charge is 2.05. The molecule has 4 aromatic rings. The van der Waals surface area contributed by atoms with Crippen molar-refractivity contribution in [2.45, 2.75) is 6.54 Å². The molecule has 0 aliphatic rings. The number of hydrogen-bond acceptors (Lipinski definition) is 3. The van der Waals surface area contributed by atoms with Crippen LogP contribution >= 0.6 is 0 Å². The third-order valence-electron chi connectivity index (χ3n) is 3.94. The first-order valence-corrected chi connectivity index (χ1v) is 7.81. The van der Waals surface area contributed by atoms with Gasteiger partial charge in [0, 0.05) is 24.4 Å². The Labute approximate surface area is 140 Å². The van der Waals surface area contributed by atoms with E-state index in [9.17, 15) is 0 Å². The fraction of sp³-hybridized carbons (Fsp3) is 0.105. The van der Waals surface area contributed by atoms with Crippen molar-refractivity contribution in [1.29, 1.82) is 0 Å². The van der Waals surface area contributed by atoms with Crippen molar-refractivity contribution in [1.82, 2.24) is 24.8 Å². The molecule has 24 heavy (non-hydrogen) atoms. The number of aromatic nitrogens is 5. The zero-order valence-corrected chi connectivity index (χ0v) is 13.4. The van der Waals surface area contributed by atoms with Crippen LogP contribution < -0.4 is 0 Å². The van der Waals surface area contributed by atoms with Gasteiger partial charge in [-0.05, 0) is 11.1 Å². The van der Waals surface area contributed by atoms with E-state index in [1.165, 1.54) is 5.56 Å². The molecule has 0 bridgehead atoms. The van der Waals surface area contributed by atoms with E-state index in [0.717, 1.165) is 22.4 Å². The molecule has 2 aromatic heterocycles. The van der Waals surface area contributed by atoms with Gasteiger partial charge in [-0.2, -0.15) is 5.10 Å². The zero-order valence-electron chi connectivity index (χ0n) is 13.4. The van der Waals surface area contributed by atoms with Gasteiger partial charge in [-0.25, -0.2) is 4.68 Å². The first-order valence-electron chi connectivity index (χ1n) is 7.81. The molecule has 4 rings (SSSR count). The van der Waals surface area contributed by atoms with Gasteiger partial charge < -0.3 is 0 Å². The zero-order chi connectivity index (χ0) is 16.4. The average molecular weight is 315 g/mol. The molecular formula is C19H17N5. The van der Waals surface area contributed by atoms with Crippen LogP contribution in [0.4, 0.5) is 0 Å². The summed E-state index contributed by atoms with van der Waals surface area (Å²) in [5, 5.41) is 12.7. The first-order chi connectivity index (χ1) is 11.8. The van der Waals surface area contributed by atoms with E-state index in [-0.39, 0.29) is 0 Å². The summed E-state index contributed by atoms with van der Waals surface area (Å²) in [6.07, 6.45) is 5.86. The molecule has 0 unspecified atom stereocenters. The Morgan fingerprint density at radius 2 is 1.62 bits per heavy atom. The van der Waals surface area contributed by atoms with Gasteiger partial charge in [-0.15, -0.1) is 5.10 Å². The summed E-state index contributed by atoms with van der Waals surface area (Å²) < 4.78 is 3.67. The van der Waals surface area contributed by atoms with Crippen molar-refractivity contribution < 1.29 is 0 Å². The highest BCUT2D eigenvalue weighted by Crippen LogP contribution is 2.20.